The van der Waals surface area contributed by atoms with E-state index < -0.39 is 0 Å². The van der Waals surface area contributed by atoms with Gasteiger partial charge in [-0.2, -0.15) is 4.98 Å². The van der Waals surface area contributed by atoms with Crippen LogP contribution in [-0.4, -0.2) is 29.2 Å². The lowest BCUT2D eigenvalue weighted by Gasteiger charge is -2.40. The first-order valence-electron chi connectivity index (χ1n) is 5.78. The van der Waals surface area contributed by atoms with Crippen LogP contribution in [0.25, 0.3) is 0 Å². The Morgan fingerprint density at radius 1 is 1.24 bits per heavy atom. The third kappa shape index (κ3) is 1.90. The van der Waals surface area contributed by atoms with Gasteiger partial charge in [0.05, 0.1) is 7.11 Å². The van der Waals surface area contributed by atoms with E-state index in [2.05, 4.69) is 48.3 Å². The van der Waals surface area contributed by atoms with E-state index in [1.165, 1.54) is 6.33 Å². The molecular weight excluding hydrogens is 216 g/mol. The van der Waals surface area contributed by atoms with Crippen LogP contribution >= 0.6 is 0 Å². The van der Waals surface area contributed by atoms with E-state index in [-0.39, 0.29) is 11.0 Å². The summed E-state index contributed by atoms with van der Waals surface area (Å²) in [6.45, 7) is 9.64. The number of rotatable bonds is 1. The summed E-state index contributed by atoms with van der Waals surface area (Å²) in [7, 11) is 1.62. The second kappa shape index (κ2) is 3.75. The Morgan fingerprint density at radius 2 is 1.94 bits per heavy atom. The number of fused-ring (bicyclic) bond motifs is 1. The highest BCUT2D eigenvalue weighted by molar-refractivity contribution is 5.71. The van der Waals surface area contributed by atoms with E-state index in [1.807, 2.05) is 0 Å². The molecule has 2 heterocycles. The summed E-state index contributed by atoms with van der Waals surface area (Å²) in [5.41, 5.74) is 0.859. The van der Waals surface area contributed by atoms with E-state index in [9.17, 15) is 0 Å². The van der Waals surface area contributed by atoms with Crippen LogP contribution in [0.1, 0.15) is 27.7 Å². The molecule has 0 aliphatic carbocycles. The molecule has 1 aromatic rings. The van der Waals surface area contributed by atoms with E-state index in [0.717, 1.165) is 18.1 Å². The fourth-order valence-electron chi connectivity index (χ4n) is 1.77. The van der Waals surface area contributed by atoms with Crippen LogP contribution in [0.3, 0.4) is 0 Å². The lowest BCUT2D eigenvalue weighted by Crippen LogP contribution is -2.48. The average Bonchev–Trinajstić information content (AvgIpc) is 2.34. The minimum absolute atomic E-state index is 0.0649. The molecule has 94 valence electrons. The molecular formula is C12H20N4O. The summed E-state index contributed by atoms with van der Waals surface area (Å²) in [5, 5.41) is 6.85. The molecule has 0 spiro atoms. The van der Waals surface area contributed by atoms with Gasteiger partial charge < -0.3 is 15.4 Å². The standard InChI is InChI=1S/C12H20N4O/c1-11(2)6-13-8-9(16-12(11,3)4)14-7-15-10(8)17-5/h7,13H,6H2,1-5H3,(H,14,15,16). The summed E-state index contributed by atoms with van der Waals surface area (Å²) in [5.74, 6) is 1.38. The first-order valence-corrected chi connectivity index (χ1v) is 5.78. The van der Waals surface area contributed by atoms with Crippen LogP contribution in [0, 0.1) is 5.41 Å². The summed E-state index contributed by atoms with van der Waals surface area (Å²) in [4.78, 5) is 8.40. The Hall–Kier alpha value is -1.52. The van der Waals surface area contributed by atoms with Crippen molar-refractivity contribution < 1.29 is 4.74 Å². The maximum Gasteiger partial charge on any atom is 0.242 e. The molecule has 0 atom stereocenters. The van der Waals surface area contributed by atoms with Gasteiger partial charge in [-0.25, -0.2) is 4.98 Å². The molecule has 2 rings (SSSR count). The topological polar surface area (TPSA) is 59.1 Å². The lowest BCUT2D eigenvalue weighted by atomic mass is 9.75. The van der Waals surface area contributed by atoms with Gasteiger partial charge in [-0.3, -0.25) is 0 Å². The van der Waals surface area contributed by atoms with Crippen LogP contribution in [0.5, 0.6) is 5.88 Å². The van der Waals surface area contributed by atoms with Crippen LogP contribution < -0.4 is 15.4 Å². The molecule has 5 heteroatoms. The summed E-state index contributed by atoms with van der Waals surface area (Å²) < 4.78 is 5.25. The van der Waals surface area contributed by atoms with Gasteiger partial charge in [0.2, 0.25) is 5.88 Å². The van der Waals surface area contributed by atoms with Crippen molar-refractivity contribution in [2.75, 3.05) is 24.3 Å². The molecule has 0 saturated heterocycles. The van der Waals surface area contributed by atoms with Crippen molar-refractivity contribution in [3.8, 4) is 5.88 Å². The van der Waals surface area contributed by atoms with E-state index in [1.54, 1.807) is 7.11 Å². The average molecular weight is 236 g/mol. The molecule has 0 amide bonds. The molecule has 2 N–H and O–H groups in total. The zero-order chi connectivity index (χ0) is 12.7. The highest BCUT2D eigenvalue weighted by atomic mass is 16.5. The molecule has 0 saturated carbocycles. The molecule has 5 nitrogen and oxygen atoms in total. The molecule has 0 radical (unpaired) electrons. The van der Waals surface area contributed by atoms with Gasteiger partial charge in [0, 0.05) is 17.5 Å². The third-order valence-corrected chi connectivity index (χ3v) is 3.84. The van der Waals surface area contributed by atoms with Crippen molar-refractivity contribution in [3.63, 3.8) is 0 Å². The zero-order valence-corrected chi connectivity index (χ0v) is 11.1. The smallest absolute Gasteiger partial charge is 0.242 e. The van der Waals surface area contributed by atoms with E-state index >= 15 is 0 Å². The van der Waals surface area contributed by atoms with Crippen molar-refractivity contribution in [3.05, 3.63) is 6.33 Å². The van der Waals surface area contributed by atoms with Crippen LogP contribution in [0.2, 0.25) is 0 Å². The van der Waals surface area contributed by atoms with Gasteiger partial charge in [-0.1, -0.05) is 13.8 Å². The van der Waals surface area contributed by atoms with Crippen LogP contribution in [0.15, 0.2) is 6.33 Å². The zero-order valence-electron chi connectivity index (χ0n) is 11.1. The number of anilines is 2. The Kier molecular flexibility index (Phi) is 2.64. The van der Waals surface area contributed by atoms with Gasteiger partial charge in [-0.05, 0) is 13.8 Å². The maximum atomic E-state index is 5.25. The minimum Gasteiger partial charge on any atom is -0.479 e. The number of aromatic nitrogens is 2. The SMILES string of the molecule is COc1ncnc2c1NCC(C)(C)C(C)(C)N2. The fourth-order valence-corrected chi connectivity index (χ4v) is 1.77. The largest absolute Gasteiger partial charge is 0.479 e. The normalized spacial score (nSPS) is 20.5. The first kappa shape index (κ1) is 12.0. The molecule has 0 bridgehead atoms. The number of hydrogen-bond donors (Lipinski definition) is 2. The Bertz CT molecular complexity index is 429. The Balaban J connectivity index is 2.47. The molecule has 1 aromatic heterocycles. The first-order chi connectivity index (χ1) is 7.87. The number of ether oxygens (including phenoxy) is 1. The van der Waals surface area contributed by atoms with Gasteiger partial charge in [0.1, 0.15) is 12.0 Å². The van der Waals surface area contributed by atoms with E-state index in [4.69, 9.17) is 4.74 Å². The Morgan fingerprint density at radius 3 is 2.59 bits per heavy atom. The molecule has 17 heavy (non-hydrogen) atoms. The summed E-state index contributed by atoms with van der Waals surface area (Å²) in [6, 6.07) is 0. The van der Waals surface area contributed by atoms with E-state index in [0.29, 0.717) is 5.88 Å². The maximum absolute atomic E-state index is 5.25. The summed E-state index contributed by atoms with van der Waals surface area (Å²) >= 11 is 0. The second-order valence-corrected chi connectivity index (χ2v) is 5.59. The predicted octanol–water partition coefficient (Wildman–Crippen LogP) is 2.13. The predicted molar refractivity (Wildman–Crippen MR) is 68.6 cm³/mol. The van der Waals surface area contributed by atoms with Crippen LogP contribution in [0.4, 0.5) is 11.5 Å². The van der Waals surface area contributed by atoms with Crippen molar-refractivity contribution in [1.82, 2.24) is 9.97 Å². The highest BCUT2D eigenvalue weighted by Gasteiger charge is 2.40. The number of nitrogens with zero attached hydrogens (tertiary/aromatic N) is 2. The minimum atomic E-state index is -0.0649. The second-order valence-electron chi connectivity index (χ2n) is 5.59. The summed E-state index contributed by atoms with van der Waals surface area (Å²) in [6.07, 6.45) is 1.51. The Labute approximate surface area is 102 Å². The lowest BCUT2D eigenvalue weighted by molar-refractivity contribution is 0.245. The van der Waals surface area contributed by atoms with Crippen molar-refractivity contribution in [2.45, 2.75) is 33.2 Å². The molecule has 0 fully saturated rings. The third-order valence-electron chi connectivity index (χ3n) is 3.84. The molecule has 0 unspecified atom stereocenters. The van der Waals surface area contributed by atoms with Crippen LogP contribution in [-0.2, 0) is 0 Å². The number of nitrogens with one attached hydrogen (secondary N) is 2. The fraction of sp³-hybridized carbons (Fsp3) is 0.667. The number of methoxy groups -OCH3 is 1. The van der Waals surface area contributed by atoms with Gasteiger partial charge in [0.25, 0.3) is 0 Å². The highest BCUT2D eigenvalue weighted by Crippen LogP contribution is 2.40. The quantitative estimate of drug-likeness (QED) is 0.782. The molecule has 0 aromatic carbocycles. The molecule has 1 aliphatic heterocycles. The van der Waals surface area contributed by atoms with Crippen molar-refractivity contribution >= 4 is 11.5 Å². The van der Waals surface area contributed by atoms with Crippen molar-refractivity contribution in [2.24, 2.45) is 5.41 Å². The van der Waals surface area contributed by atoms with Gasteiger partial charge in [-0.15, -0.1) is 0 Å². The number of hydrogen-bond acceptors (Lipinski definition) is 5. The van der Waals surface area contributed by atoms with Gasteiger partial charge in [0.15, 0.2) is 5.82 Å². The molecule has 1 aliphatic rings. The monoisotopic (exact) mass is 236 g/mol. The van der Waals surface area contributed by atoms with Gasteiger partial charge >= 0.3 is 0 Å². The van der Waals surface area contributed by atoms with Crippen molar-refractivity contribution in [1.29, 1.82) is 0 Å².